The van der Waals surface area contributed by atoms with E-state index in [-0.39, 0.29) is 6.61 Å². The van der Waals surface area contributed by atoms with E-state index in [4.69, 9.17) is 9.47 Å². The zero-order chi connectivity index (χ0) is 15.8. The summed E-state index contributed by atoms with van der Waals surface area (Å²) in [6.07, 6.45) is -2.13. The van der Waals surface area contributed by atoms with Crippen LogP contribution in [0.2, 0.25) is 0 Å². The first-order valence-electron chi connectivity index (χ1n) is 6.48. The van der Waals surface area contributed by atoms with E-state index < -0.39 is 30.1 Å². The zero-order valence-electron chi connectivity index (χ0n) is 12.2. The van der Waals surface area contributed by atoms with Crippen LogP contribution in [0.1, 0.15) is 26.3 Å². The van der Waals surface area contributed by atoms with E-state index in [1.807, 2.05) is 30.3 Å². The van der Waals surface area contributed by atoms with Gasteiger partial charge in [0.25, 0.3) is 0 Å². The Bertz CT molecular complexity index is 496. The molecule has 0 spiro atoms. The van der Waals surface area contributed by atoms with Crippen molar-refractivity contribution in [3.05, 3.63) is 35.9 Å². The van der Waals surface area contributed by atoms with Crippen molar-refractivity contribution in [2.24, 2.45) is 0 Å². The van der Waals surface area contributed by atoms with E-state index in [1.54, 1.807) is 0 Å². The Kier molecular flexibility index (Phi) is 6.39. The molecule has 0 saturated heterocycles. The number of esters is 3. The highest BCUT2D eigenvalue weighted by molar-refractivity contribution is 5.82. The number of rotatable bonds is 6. The number of ether oxygens (including phenoxy) is 3. The van der Waals surface area contributed by atoms with Gasteiger partial charge in [-0.2, -0.15) is 0 Å². The molecule has 21 heavy (non-hydrogen) atoms. The lowest BCUT2D eigenvalue weighted by molar-refractivity contribution is -0.176. The number of hydrogen-bond donors (Lipinski definition) is 0. The minimum absolute atomic E-state index is 0.0983. The average Bonchev–Trinajstić information content (AvgIpc) is 2.44. The fraction of sp³-hybridized carbons (Fsp3) is 0.400. The molecule has 0 bridgehead atoms. The second-order valence-electron chi connectivity index (χ2n) is 4.42. The van der Waals surface area contributed by atoms with Gasteiger partial charge in [0.15, 0.2) is 12.2 Å². The largest absolute Gasteiger partial charge is 0.458 e. The predicted octanol–water partition coefficient (Wildman–Crippen LogP) is 1.61. The van der Waals surface area contributed by atoms with Crippen molar-refractivity contribution in [1.29, 1.82) is 0 Å². The van der Waals surface area contributed by atoms with E-state index in [2.05, 4.69) is 4.74 Å². The summed E-state index contributed by atoms with van der Waals surface area (Å²) in [5, 5.41) is 0. The first-order chi connectivity index (χ1) is 9.90. The van der Waals surface area contributed by atoms with Crippen LogP contribution in [-0.2, 0) is 35.2 Å². The molecule has 6 heteroatoms. The molecule has 0 fully saturated rings. The summed E-state index contributed by atoms with van der Waals surface area (Å²) in [5.41, 5.74) is 0.831. The molecular weight excluding hydrogens is 276 g/mol. The Balaban J connectivity index is 2.40. The molecule has 0 N–H and O–H groups in total. The first kappa shape index (κ1) is 16.7. The molecule has 0 unspecified atom stereocenters. The molecule has 6 nitrogen and oxygen atoms in total. The molecule has 0 aromatic heterocycles. The molecular formula is C15H18O6. The Morgan fingerprint density at radius 1 is 0.952 bits per heavy atom. The van der Waals surface area contributed by atoms with Crippen molar-refractivity contribution in [3.63, 3.8) is 0 Å². The summed E-state index contributed by atoms with van der Waals surface area (Å²) in [6.45, 7) is 4.04. The topological polar surface area (TPSA) is 78.9 Å². The standard InChI is InChI=1S/C15H18O6/c1-10(21-15(18)11(2)20-12(3)16)14(17)19-9-13-7-5-4-6-8-13/h4-8,10-11H,9H2,1-3H3/t10-,11+/m1/s1. The molecule has 2 atom stereocenters. The predicted molar refractivity (Wildman–Crippen MR) is 73.0 cm³/mol. The van der Waals surface area contributed by atoms with Crippen LogP contribution >= 0.6 is 0 Å². The Morgan fingerprint density at radius 3 is 2.10 bits per heavy atom. The zero-order valence-corrected chi connectivity index (χ0v) is 12.2. The van der Waals surface area contributed by atoms with Gasteiger partial charge in [-0.05, 0) is 19.4 Å². The van der Waals surface area contributed by atoms with Crippen molar-refractivity contribution in [2.75, 3.05) is 0 Å². The van der Waals surface area contributed by atoms with Crippen LogP contribution in [0.3, 0.4) is 0 Å². The van der Waals surface area contributed by atoms with Crippen molar-refractivity contribution >= 4 is 17.9 Å². The Morgan fingerprint density at radius 2 is 1.52 bits per heavy atom. The summed E-state index contributed by atoms with van der Waals surface area (Å²) in [4.78, 5) is 34.0. The van der Waals surface area contributed by atoms with Gasteiger partial charge < -0.3 is 14.2 Å². The van der Waals surface area contributed by atoms with E-state index in [0.29, 0.717) is 0 Å². The Hall–Kier alpha value is -2.37. The van der Waals surface area contributed by atoms with Crippen molar-refractivity contribution < 1.29 is 28.6 Å². The fourth-order valence-corrected chi connectivity index (χ4v) is 1.46. The van der Waals surface area contributed by atoms with Gasteiger partial charge in [-0.3, -0.25) is 4.79 Å². The van der Waals surface area contributed by atoms with Gasteiger partial charge in [0.05, 0.1) is 0 Å². The third-order valence-corrected chi connectivity index (χ3v) is 2.52. The molecule has 0 saturated carbocycles. The highest BCUT2D eigenvalue weighted by atomic mass is 16.6. The van der Waals surface area contributed by atoms with Crippen LogP contribution in [0, 0.1) is 0 Å². The lowest BCUT2D eigenvalue weighted by atomic mass is 10.2. The van der Waals surface area contributed by atoms with Crippen molar-refractivity contribution in [3.8, 4) is 0 Å². The second kappa shape index (κ2) is 8.04. The van der Waals surface area contributed by atoms with E-state index in [1.165, 1.54) is 20.8 Å². The van der Waals surface area contributed by atoms with Gasteiger partial charge in [0.2, 0.25) is 0 Å². The minimum Gasteiger partial charge on any atom is -0.458 e. The summed E-state index contributed by atoms with van der Waals surface area (Å²) >= 11 is 0. The van der Waals surface area contributed by atoms with Crippen LogP contribution in [0.25, 0.3) is 0 Å². The monoisotopic (exact) mass is 294 g/mol. The number of carbonyl (C=O) groups is 3. The van der Waals surface area contributed by atoms with Gasteiger partial charge in [-0.25, -0.2) is 9.59 Å². The summed E-state index contributed by atoms with van der Waals surface area (Å²) in [6, 6.07) is 9.13. The van der Waals surface area contributed by atoms with Gasteiger partial charge in [0.1, 0.15) is 6.61 Å². The SMILES string of the molecule is CC(=O)O[C@@H](C)C(=O)O[C@H](C)C(=O)OCc1ccccc1. The molecule has 0 amide bonds. The molecule has 0 aliphatic carbocycles. The van der Waals surface area contributed by atoms with Crippen LogP contribution in [-0.4, -0.2) is 30.1 Å². The smallest absolute Gasteiger partial charge is 0.347 e. The first-order valence-corrected chi connectivity index (χ1v) is 6.48. The summed E-state index contributed by atoms with van der Waals surface area (Å²) < 4.78 is 14.6. The van der Waals surface area contributed by atoms with Gasteiger partial charge in [-0.1, -0.05) is 30.3 Å². The van der Waals surface area contributed by atoms with Crippen LogP contribution in [0.15, 0.2) is 30.3 Å². The fourth-order valence-electron chi connectivity index (χ4n) is 1.46. The molecule has 0 radical (unpaired) electrons. The average molecular weight is 294 g/mol. The third-order valence-electron chi connectivity index (χ3n) is 2.52. The molecule has 0 aliphatic heterocycles. The quantitative estimate of drug-likeness (QED) is 0.586. The second-order valence-corrected chi connectivity index (χ2v) is 4.42. The van der Waals surface area contributed by atoms with E-state index >= 15 is 0 Å². The molecule has 114 valence electrons. The highest BCUT2D eigenvalue weighted by Crippen LogP contribution is 2.05. The molecule has 1 aromatic carbocycles. The molecule has 1 aromatic rings. The molecule has 0 aliphatic rings. The number of carbonyl (C=O) groups excluding carboxylic acids is 3. The van der Waals surface area contributed by atoms with Crippen LogP contribution in [0.4, 0.5) is 0 Å². The lowest BCUT2D eigenvalue weighted by Crippen LogP contribution is -2.32. The summed E-state index contributed by atoms with van der Waals surface area (Å²) in [5.74, 6) is -2.06. The number of benzene rings is 1. The van der Waals surface area contributed by atoms with Gasteiger partial charge >= 0.3 is 17.9 Å². The Labute approximate surface area is 123 Å². The van der Waals surface area contributed by atoms with Crippen molar-refractivity contribution in [1.82, 2.24) is 0 Å². The van der Waals surface area contributed by atoms with Gasteiger partial charge in [-0.15, -0.1) is 0 Å². The third kappa shape index (κ3) is 6.07. The highest BCUT2D eigenvalue weighted by Gasteiger charge is 2.24. The van der Waals surface area contributed by atoms with E-state index in [0.717, 1.165) is 5.56 Å². The maximum absolute atomic E-state index is 11.7. The maximum atomic E-state index is 11.7. The maximum Gasteiger partial charge on any atom is 0.347 e. The van der Waals surface area contributed by atoms with Crippen LogP contribution in [0.5, 0.6) is 0 Å². The minimum atomic E-state index is -1.07. The van der Waals surface area contributed by atoms with Gasteiger partial charge in [0, 0.05) is 6.92 Å². The van der Waals surface area contributed by atoms with Crippen molar-refractivity contribution in [2.45, 2.75) is 39.6 Å². The molecule has 0 heterocycles. The van der Waals surface area contributed by atoms with E-state index in [9.17, 15) is 14.4 Å². The summed E-state index contributed by atoms with van der Waals surface area (Å²) in [7, 11) is 0. The molecule has 1 rings (SSSR count). The number of hydrogen-bond acceptors (Lipinski definition) is 6. The lowest BCUT2D eigenvalue weighted by Gasteiger charge is -2.16. The normalized spacial score (nSPS) is 12.9. The van der Waals surface area contributed by atoms with Crippen LogP contribution < -0.4 is 0 Å².